The second-order valence-electron chi connectivity index (χ2n) is 3.67. The predicted octanol–water partition coefficient (Wildman–Crippen LogP) is 1.26. The van der Waals surface area contributed by atoms with E-state index < -0.39 is 12.0 Å². The Kier molecular flexibility index (Phi) is 3.79. The standard InChI is InChI=1S/C11H14N2O2S/c14-11(15)10(9-1-3-12-4-2-9)13-5-7-16-8-6-13/h1-4,10H,5-8H2,(H,14,15). The lowest BCUT2D eigenvalue weighted by atomic mass is 10.1. The van der Waals surface area contributed by atoms with Crippen molar-refractivity contribution in [3.63, 3.8) is 0 Å². The Hall–Kier alpha value is -1.07. The lowest BCUT2D eigenvalue weighted by Crippen LogP contribution is -2.39. The molecule has 1 aromatic heterocycles. The maximum absolute atomic E-state index is 11.3. The van der Waals surface area contributed by atoms with Gasteiger partial charge in [-0.1, -0.05) is 0 Å². The summed E-state index contributed by atoms with van der Waals surface area (Å²) in [5, 5.41) is 9.31. The van der Waals surface area contributed by atoms with Crippen LogP contribution in [-0.2, 0) is 4.79 Å². The fourth-order valence-corrected chi connectivity index (χ4v) is 2.82. The lowest BCUT2D eigenvalue weighted by molar-refractivity contribution is -0.143. The second kappa shape index (κ2) is 5.32. The minimum Gasteiger partial charge on any atom is -0.480 e. The number of carbonyl (C=O) groups is 1. The second-order valence-corrected chi connectivity index (χ2v) is 4.89. The van der Waals surface area contributed by atoms with E-state index in [1.54, 1.807) is 24.5 Å². The minimum atomic E-state index is -0.780. The van der Waals surface area contributed by atoms with Crippen LogP contribution in [0.3, 0.4) is 0 Å². The van der Waals surface area contributed by atoms with Crippen molar-refractivity contribution in [2.45, 2.75) is 6.04 Å². The van der Waals surface area contributed by atoms with Gasteiger partial charge in [-0.05, 0) is 17.7 Å². The summed E-state index contributed by atoms with van der Waals surface area (Å²) >= 11 is 1.88. The van der Waals surface area contributed by atoms with Crippen molar-refractivity contribution in [3.05, 3.63) is 30.1 Å². The molecule has 1 saturated heterocycles. The van der Waals surface area contributed by atoms with Crippen LogP contribution in [0.25, 0.3) is 0 Å². The number of nitrogens with zero attached hydrogens (tertiary/aromatic N) is 2. The highest BCUT2D eigenvalue weighted by molar-refractivity contribution is 7.99. The third kappa shape index (κ3) is 2.54. The van der Waals surface area contributed by atoms with Gasteiger partial charge in [-0.25, -0.2) is 0 Å². The van der Waals surface area contributed by atoms with Gasteiger partial charge in [0.15, 0.2) is 0 Å². The molecule has 0 bridgehead atoms. The molecule has 0 saturated carbocycles. The average Bonchev–Trinajstić information content (AvgIpc) is 2.31. The van der Waals surface area contributed by atoms with Gasteiger partial charge in [0.2, 0.25) is 0 Å². The Morgan fingerprint density at radius 3 is 2.56 bits per heavy atom. The van der Waals surface area contributed by atoms with Gasteiger partial charge in [-0.15, -0.1) is 0 Å². The first-order valence-corrected chi connectivity index (χ1v) is 6.39. The number of carboxylic acid groups (broad SMARTS) is 1. The SMILES string of the molecule is O=C(O)C(c1ccncc1)N1CCSCC1. The van der Waals surface area contributed by atoms with Gasteiger partial charge in [0.1, 0.15) is 6.04 Å². The molecule has 1 unspecified atom stereocenters. The van der Waals surface area contributed by atoms with Crippen molar-refractivity contribution in [3.8, 4) is 0 Å². The molecule has 16 heavy (non-hydrogen) atoms. The number of hydrogen-bond donors (Lipinski definition) is 1. The van der Waals surface area contributed by atoms with Crippen molar-refractivity contribution in [1.29, 1.82) is 0 Å². The van der Waals surface area contributed by atoms with Crippen LogP contribution in [0.4, 0.5) is 0 Å². The van der Waals surface area contributed by atoms with Gasteiger partial charge in [-0.2, -0.15) is 11.8 Å². The van der Waals surface area contributed by atoms with Gasteiger partial charge in [0, 0.05) is 37.0 Å². The normalized spacial score (nSPS) is 19.2. The Balaban J connectivity index is 2.20. The van der Waals surface area contributed by atoms with Crippen molar-refractivity contribution < 1.29 is 9.90 Å². The van der Waals surface area contributed by atoms with Crippen LogP contribution in [0, 0.1) is 0 Å². The number of hydrogen-bond acceptors (Lipinski definition) is 4. The Morgan fingerprint density at radius 1 is 1.38 bits per heavy atom. The number of aliphatic carboxylic acids is 1. The monoisotopic (exact) mass is 238 g/mol. The summed E-state index contributed by atoms with van der Waals surface area (Å²) in [6, 6.07) is 3.03. The molecule has 86 valence electrons. The molecule has 1 aliphatic rings. The summed E-state index contributed by atoms with van der Waals surface area (Å²) in [5.41, 5.74) is 0.814. The summed E-state index contributed by atoms with van der Waals surface area (Å²) < 4.78 is 0. The van der Waals surface area contributed by atoms with Gasteiger partial charge < -0.3 is 5.11 Å². The molecule has 5 heteroatoms. The smallest absolute Gasteiger partial charge is 0.325 e. The van der Waals surface area contributed by atoms with Crippen LogP contribution in [0.15, 0.2) is 24.5 Å². The van der Waals surface area contributed by atoms with Crippen LogP contribution in [-0.4, -0.2) is 45.6 Å². The van der Waals surface area contributed by atoms with Gasteiger partial charge in [-0.3, -0.25) is 14.7 Å². The maximum atomic E-state index is 11.3. The topological polar surface area (TPSA) is 53.4 Å². The molecular formula is C11H14N2O2S. The molecule has 0 aromatic carbocycles. The molecule has 0 amide bonds. The molecule has 2 rings (SSSR count). The molecule has 0 radical (unpaired) electrons. The Morgan fingerprint density at radius 2 is 2.00 bits per heavy atom. The van der Waals surface area contributed by atoms with E-state index in [2.05, 4.69) is 4.98 Å². The first-order chi connectivity index (χ1) is 7.79. The number of carboxylic acids is 1. The van der Waals surface area contributed by atoms with Crippen molar-refractivity contribution in [2.24, 2.45) is 0 Å². The molecular weight excluding hydrogens is 224 g/mol. The molecule has 1 aromatic rings. The molecule has 0 spiro atoms. The fourth-order valence-electron chi connectivity index (χ4n) is 1.89. The van der Waals surface area contributed by atoms with E-state index in [0.717, 1.165) is 30.2 Å². The summed E-state index contributed by atoms with van der Waals surface area (Å²) in [7, 11) is 0. The molecule has 1 N–H and O–H groups in total. The van der Waals surface area contributed by atoms with E-state index in [9.17, 15) is 9.90 Å². The van der Waals surface area contributed by atoms with Gasteiger partial charge in [0.05, 0.1) is 0 Å². The van der Waals surface area contributed by atoms with Crippen molar-refractivity contribution >= 4 is 17.7 Å². The zero-order chi connectivity index (χ0) is 11.4. The van der Waals surface area contributed by atoms with Crippen LogP contribution in [0.5, 0.6) is 0 Å². The molecule has 4 nitrogen and oxygen atoms in total. The van der Waals surface area contributed by atoms with Crippen molar-refractivity contribution in [1.82, 2.24) is 9.88 Å². The fraction of sp³-hybridized carbons (Fsp3) is 0.455. The van der Waals surface area contributed by atoms with E-state index in [4.69, 9.17) is 0 Å². The van der Waals surface area contributed by atoms with Crippen LogP contribution < -0.4 is 0 Å². The minimum absolute atomic E-state index is 0.524. The third-order valence-corrected chi connectivity index (χ3v) is 3.61. The number of pyridine rings is 1. The van der Waals surface area contributed by atoms with E-state index in [1.807, 2.05) is 16.7 Å². The summed E-state index contributed by atoms with van der Waals surface area (Å²) in [6.07, 6.45) is 3.29. The van der Waals surface area contributed by atoms with E-state index in [1.165, 1.54) is 0 Å². The van der Waals surface area contributed by atoms with Gasteiger partial charge in [0.25, 0.3) is 0 Å². The Labute approximate surface area is 98.7 Å². The highest BCUT2D eigenvalue weighted by atomic mass is 32.2. The number of thioether (sulfide) groups is 1. The zero-order valence-electron chi connectivity index (χ0n) is 8.87. The first-order valence-electron chi connectivity index (χ1n) is 5.23. The number of aromatic nitrogens is 1. The van der Waals surface area contributed by atoms with Crippen molar-refractivity contribution in [2.75, 3.05) is 24.6 Å². The molecule has 2 heterocycles. The highest BCUT2D eigenvalue weighted by Gasteiger charge is 2.28. The van der Waals surface area contributed by atoms with E-state index in [-0.39, 0.29) is 0 Å². The quantitative estimate of drug-likeness (QED) is 0.859. The summed E-state index contributed by atoms with van der Waals surface area (Å²) in [6.45, 7) is 1.67. The maximum Gasteiger partial charge on any atom is 0.325 e. The summed E-state index contributed by atoms with van der Waals surface area (Å²) in [5.74, 6) is 1.24. The van der Waals surface area contributed by atoms with Crippen LogP contribution in [0.2, 0.25) is 0 Å². The highest BCUT2D eigenvalue weighted by Crippen LogP contribution is 2.23. The predicted molar refractivity (Wildman–Crippen MR) is 63.5 cm³/mol. The Bertz CT molecular complexity index is 352. The van der Waals surface area contributed by atoms with Gasteiger partial charge >= 0.3 is 5.97 Å². The molecule has 1 aliphatic heterocycles. The first kappa shape index (κ1) is 11.4. The summed E-state index contributed by atoms with van der Waals surface area (Å²) in [4.78, 5) is 17.3. The van der Waals surface area contributed by atoms with Crippen LogP contribution >= 0.6 is 11.8 Å². The zero-order valence-corrected chi connectivity index (χ0v) is 9.69. The average molecular weight is 238 g/mol. The van der Waals surface area contributed by atoms with E-state index in [0.29, 0.717) is 0 Å². The van der Waals surface area contributed by atoms with Crippen LogP contribution in [0.1, 0.15) is 11.6 Å². The van der Waals surface area contributed by atoms with E-state index >= 15 is 0 Å². The largest absolute Gasteiger partial charge is 0.480 e. The third-order valence-electron chi connectivity index (χ3n) is 2.67. The lowest BCUT2D eigenvalue weighted by Gasteiger charge is -2.31. The molecule has 0 aliphatic carbocycles. The number of rotatable bonds is 3. The molecule has 1 fully saturated rings. The molecule has 1 atom stereocenters.